The van der Waals surface area contributed by atoms with Crippen LogP contribution in [0.3, 0.4) is 0 Å². The van der Waals surface area contributed by atoms with Gasteiger partial charge in [0.05, 0.1) is 6.04 Å². The fourth-order valence-electron chi connectivity index (χ4n) is 6.24. The molecule has 16 heteroatoms. The first-order chi connectivity index (χ1) is 16.8. The highest BCUT2D eigenvalue weighted by Crippen LogP contribution is 2.54. The molecule has 6 rings (SSSR count). The molecule has 3 saturated heterocycles. The summed E-state index contributed by atoms with van der Waals surface area (Å²) in [7, 11) is 1.22. The SMILES string of the molecule is Cn1nnc(CN2CC3(C2)CN(C(=O)N2CC4(CC(n5cnc(C(F)(F)F)n5)C4)C2)C3)c1C(F)(F)F. The summed E-state index contributed by atoms with van der Waals surface area (Å²) in [5.74, 6) is -1.15. The summed E-state index contributed by atoms with van der Waals surface area (Å²) in [6.45, 7) is 3.48. The molecular formula is C20H23F6N9O. The van der Waals surface area contributed by atoms with E-state index in [1.807, 2.05) is 4.90 Å². The van der Waals surface area contributed by atoms with E-state index >= 15 is 0 Å². The summed E-state index contributed by atoms with van der Waals surface area (Å²) in [4.78, 5) is 21.5. The number of alkyl halides is 6. The van der Waals surface area contributed by atoms with Gasteiger partial charge in [-0.05, 0) is 12.8 Å². The third-order valence-electron chi connectivity index (χ3n) is 7.78. The van der Waals surface area contributed by atoms with E-state index in [0.717, 1.165) is 11.0 Å². The molecule has 3 aliphatic heterocycles. The average molecular weight is 519 g/mol. The Labute approximate surface area is 200 Å². The quantitative estimate of drug-likeness (QED) is 0.577. The molecule has 2 aromatic heterocycles. The predicted molar refractivity (Wildman–Crippen MR) is 108 cm³/mol. The summed E-state index contributed by atoms with van der Waals surface area (Å²) in [5, 5.41) is 10.7. The number of hydrogen-bond donors (Lipinski definition) is 0. The average Bonchev–Trinajstić information content (AvgIpc) is 3.26. The van der Waals surface area contributed by atoms with Crippen LogP contribution in [0.4, 0.5) is 31.1 Å². The van der Waals surface area contributed by atoms with Crippen LogP contribution in [0.1, 0.15) is 36.1 Å². The van der Waals surface area contributed by atoms with E-state index in [1.165, 1.54) is 11.7 Å². The summed E-state index contributed by atoms with van der Waals surface area (Å²) < 4.78 is 79.8. The van der Waals surface area contributed by atoms with Crippen molar-refractivity contribution in [3.8, 4) is 0 Å². The zero-order valence-electron chi connectivity index (χ0n) is 19.2. The Hall–Kier alpha value is -2.91. The van der Waals surface area contributed by atoms with Gasteiger partial charge in [0.25, 0.3) is 5.82 Å². The van der Waals surface area contributed by atoms with E-state index in [9.17, 15) is 31.1 Å². The maximum atomic E-state index is 13.2. The maximum absolute atomic E-state index is 13.2. The second-order valence-electron chi connectivity index (χ2n) is 10.8. The lowest BCUT2D eigenvalue weighted by atomic mass is 9.60. The molecule has 4 aliphatic rings. The number of aromatic nitrogens is 6. The van der Waals surface area contributed by atoms with Gasteiger partial charge >= 0.3 is 18.4 Å². The van der Waals surface area contributed by atoms with Crippen molar-refractivity contribution in [2.45, 2.75) is 37.8 Å². The summed E-state index contributed by atoms with van der Waals surface area (Å²) in [6.07, 6.45) is -6.68. The lowest BCUT2D eigenvalue weighted by molar-refractivity contribution is -0.146. The number of nitrogens with zero attached hydrogens (tertiary/aromatic N) is 9. The number of rotatable bonds is 3. The molecule has 36 heavy (non-hydrogen) atoms. The van der Waals surface area contributed by atoms with Crippen LogP contribution in [-0.4, -0.2) is 89.8 Å². The van der Waals surface area contributed by atoms with E-state index in [0.29, 0.717) is 52.1 Å². The van der Waals surface area contributed by atoms with Crippen LogP contribution < -0.4 is 0 Å². The summed E-state index contributed by atoms with van der Waals surface area (Å²) >= 11 is 0. The van der Waals surface area contributed by atoms with E-state index in [2.05, 4.69) is 20.4 Å². The molecule has 5 heterocycles. The standard InChI is InChI=1S/C20H23F6N9O/c1-31-14(19(21,22)23)13(28-30-31)4-32-5-18(6-32)9-34(10-18)16(36)33-7-17(8-33)2-12(3-17)35-11-27-15(29-35)20(24,25)26/h11-12H,2-10H2,1H3. The topological polar surface area (TPSA) is 88.2 Å². The van der Waals surface area contributed by atoms with Crippen LogP contribution in [0.5, 0.6) is 0 Å². The molecule has 2 spiro atoms. The van der Waals surface area contributed by atoms with Crippen LogP contribution in [0.15, 0.2) is 6.33 Å². The Bertz CT molecular complexity index is 1180. The van der Waals surface area contributed by atoms with Gasteiger partial charge in [0.15, 0.2) is 5.69 Å². The number of likely N-dealkylation sites (tertiary alicyclic amines) is 3. The van der Waals surface area contributed by atoms with Crippen molar-refractivity contribution >= 4 is 6.03 Å². The molecule has 4 fully saturated rings. The molecule has 2 aromatic rings. The van der Waals surface area contributed by atoms with Crippen LogP contribution in [0.25, 0.3) is 0 Å². The molecule has 1 aliphatic carbocycles. The van der Waals surface area contributed by atoms with Crippen molar-refractivity contribution in [2.75, 3.05) is 39.3 Å². The molecule has 2 amide bonds. The number of hydrogen-bond acceptors (Lipinski definition) is 6. The van der Waals surface area contributed by atoms with Gasteiger partial charge in [-0.1, -0.05) is 5.21 Å². The number of urea groups is 1. The second kappa shape index (κ2) is 7.32. The van der Waals surface area contributed by atoms with Gasteiger partial charge in [-0.2, -0.15) is 26.3 Å². The van der Waals surface area contributed by atoms with E-state index in [4.69, 9.17) is 0 Å². The Balaban J connectivity index is 0.945. The second-order valence-corrected chi connectivity index (χ2v) is 10.8. The molecule has 0 radical (unpaired) electrons. The maximum Gasteiger partial charge on any atom is 0.453 e. The highest BCUT2D eigenvalue weighted by Gasteiger charge is 2.58. The van der Waals surface area contributed by atoms with Crippen molar-refractivity contribution < 1.29 is 31.1 Å². The van der Waals surface area contributed by atoms with E-state index in [-0.39, 0.29) is 35.1 Å². The molecule has 0 aromatic carbocycles. The van der Waals surface area contributed by atoms with Gasteiger partial charge in [0.1, 0.15) is 12.0 Å². The lowest BCUT2D eigenvalue weighted by Gasteiger charge is -2.63. The molecule has 0 N–H and O–H groups in total. The van der Waals surface area contributed by atoms with Crippen molar-refractivity contribution in [1.82, 2.24) is 44.5 Å². The molecule has 0 atom stereocenters. The fraction of sp³-hybridized carbons (Fsp3) is 0.750. The number of carbonyl (C=O) groups is 1. The Morgan fingerprint density at radius 2 is 1.58 bits per heavy atom. The third-order valence-corrected chi connectivity index (χ3v) is 7.78. The minimum absolute atomic E-state index is 0.0599. The Morgan fingerprint density at radius 1 is 0.972 bits per heavy atom. The van der Waals surface area contributed by atoms with Crippen molar-refractivity contribution in [2.24, 2.45) is 17.9 Å². The van der Waals surface area contributed by atoms with Crippen LogP contribution >= 0.6 is 0 Å². The number of aryl methyl sites for hydroxylation is 1. The molecule has 0 unspecified atom stereocenters. The van der Waals surface area contributed by atoms with Gasteiger partial charge in [0.2, 0.25) is 0 Å². The first-order valence-corrected chi connectivity index (χ1v) is 11.5. The molecule has 1 saturated carbocycles. The molecular weight excluding hydrogens is 496 g/mol. The summed E-state index contributed by atoms with van der Waals surface area (Å²) in [5.41, 5.74) is -1.11. The highest BCUT2D eigenvalue weighted by atomic mass is 19.4. The zero-order valence-corrected chi connectivity index (χ0v) is 19.2. The predicted octanol–water partition coefficient (Wildman–Crippen LogP) is 2.02. The first kappa shape index (κ1) is 23.5. The van der Waals surface area contributed by atoms with Crippen molar-refractivity contribution in [3.63, 3.8) is 0 Å². The first-order valence-electron chi connectivity index (χ1n) is 11.5. The third kappa shape index (κ3) is 3.71. The Morgan fingerprint density at radius 3 is 2.14 bits per heavy atom. The van der Waals surface area contributed by atoms with Gasteiger partial charge in [-0.15, -0.1) is 10.2 Å². The largest absolute Gasteiger partial charge is 0.453 e. The normalized spacial score (nSPS) is 23.4. The van der Waals surface area contributed by atoms with Crippen molar-refractivity contribution in [1.29, 1.82) is 0 Å². The van der Waals surface area contributed by atoms with Crippen LogP contribution in [0, 0.1) is 10.8 Å². The number of halogens is 6. The fourth-order valence-corrected chi connectivity index (χ4v) is 6.24. The van der Waals surface area contributed by atoms with Gasteiger partial charge in [-0.3, -0.25) is 4.90 Å². The monoisotopic (exact) mass is 519 g/mol. The zero-order chi connectivity index (χ0) is 25.7. The Kier molecular flexibility index (Phi) is 4.78. The van der Waals surface area contributed by atoms with Gasteiger partial charge in [-0.25, -0.2) is 19.1 Å². The highest BCUT2D eigenvalue weighted by molar-refractivity contribution is 5.77. The van der Waals surface area contributed by atoms with Crippen molar-refractivity contribution in [3.05, 3.63) is 23.5 Å². The van der Waals surface area contributed by atoms with Gasteiger partial charge in [0, 0.05) is 63.7 Å². The van der Waals surface area contributed by atoms with Crippen LogP contribution in [0.2, 0.25) is 0 Å². The number of amides is 2. The smallest absolute Gasteiger partial charge is 0.323 e. The summed E-state index contributed by atoms with van der Waals surface area (Å²) in [6, 6.07) is -0.215. The minimum atomic E-state index is -4.57. The molecule has 10 nitrogen and oxygen atoms in total. The molecule has 196 valence electrons. The minimum Gasteiger partial charge on any atom is -0.323 e. The van der Waals surface area contributed by atoms with Crippen LogP contribution in [-0.2, 0) is 25.9 Å². The lowest BCUT2D eigenvalue weighted by Crippen LogP contribution is -2.75. The number of carbonyl (C=O) groups excluding carboxylic acids is 1. The van der Waals surface area contributed by atoms with E-state index in [1.54, 1.807) is 9.80 Å². The van der Waals surface area contributed by atoms with Gasteiger partial charge < -0.3 is 9.80 Å². The molecule has 0 bridgehead atoms. The van der Waals surface area contributed by atoms with E-state index < -0.39 is 23.9 Å².